The Hall–Kier alpha value is -0.630. The minimum absolute atomic E-state index is 0.0320. The Morgan fingerprint density at radius 2 is 2.10 bits per heavy atom. The van der Waals surface area contributed by atoms with Crippen LogP contribution in [0, 0.1) is 12.8 Å². The van der Waals surface area contributed by atoms with E-state index in [2.05, 4.69) is 39.5 Å². The van der Waals surface area contributed by atoms with Crippen molar-refractivity contribution in [3.05, 3.63) is 22.2 Å². The van der Waals surface area contributed by atoms with Gasteiger partial charge in [0, 0.05) is 22.7 Å². The zero-order valence-corrected chi connectivity index (χ0v) is 15.0. The van der Waals surface area contributed by atoms with Crippen molar-refractivity contribution >= 4 is 31.6 Å². The number of anilines is 1. The Kier molecular flexibility index (Phi) is 4.97. The van der Waals surface area contributed by atoms with Crippen LogP contribution in [0.2, 0.25) is 0 Å². The first kappa shape index (κ1) is 16.7. The van der Waals surface area contributed by atoms with E-state index < -0.39 is 10.0 Å². The summed E-state index contributed by atoms with van der Waals surface area (Å²) >= 11 is 3.32. The van der Waals surface area contributed by atoms with Crippen LogP contribution in [-0.4, -0.2) is 39.5 Å². The molecule has 2 rings (SSSR count). The van der Waals surface area contributed by atoms with Crippen LogP contribution in [-0.2, 0) is 10.0 Å². The van der Waals surface area contributed by atoms with Gasteiger partial charge in [-0.2, -0.15) is 0 Å². The fraction of sp³-hybridized carbons (Fsp3) is 0.571. The lowest BCUT2D eigenvalue weighted by Crippen LogP contribution is -2.48. The minimum atomic E-state index is -3.55. The molecule has 1 saturated heterocycles. The van der Waals surface area contributed by atoms with Crippen LogP contribution in [0.25, 0.3) is 0 Å². The maximum atomic E-state index is 12.6. The van der Waals surface area contributed by atoms with Crippen LogP contribution in [0.5, 0.6) is 0 Å². The van der Waals surface area contributed by atoms with E-state index in [4.69, 9.17) is 5.73 Å². The van der Waals surface area contributed by atoms with Crippen molar-refractivity contribution in [2.45, 2.75) is 31.2 Å². The summed E-state index contributed by atoms with van der Waals surface area (Å²) in [5.41, 5.74) is 6.93. The number of aryl methyl sites for hydroxylation is 1. The quantitative estimate of drug-likeness (QED) is 0.791. The Labute approximate surface area is 135 Å². The summed E-state index contributed by atoms with van der Waals surface area (Å²) in [5, 5.41) is 0. The van der Waals surface area contributed by atoms with Crippen LogP contribution in [0.15, 0.2) is 21.5 Å². The Balaban J connectivity index is 2.25. The second-order valence-corrected chi connectivity index (χ2v) is 8.43. The predicted octanol–water partition coefficient (Wildman–Crippen LogP) is 1.96. The van der Waals surface area contributed by atoms with E-state index in [1.54, 1.807) is 13.0 Å². The number of likely N-dealkylation sites (tertiary alicyclic amines) is 1. The molecule has 0 bridgehead atoms. The topological polar surface area (TPSA) is 75.4 Å². The fourth-order valence-electron chi connectivity index (χ4n) is 2.75. The van der Waals surface area contributed by atoms with Gasteiger partial charge in [-0.1, -0.05) is 6.92 Å². The molecule has 1 aromatic rings. The Bertz CT molecular complexity index is 633. The fourth-order valence-corrected chi connectivity index (χ4v) is 4.85. The standard InChI is InChI=1S/C14H22BrN3O2S/c1-9-6-11(15)12(16)7-14(9)21(19,20)17-13-4-5-18(3)8-10(13)2/h6-7,10,13,17H,4-5,8,16H2,1-3H3. The molecule has 0 aromatic heterocycles. The molecular formula is C14H22BrN3O2S. The van der Waals surface area contributed by atoms with Gasteiger partial charge in [-0.25, -0.2) is 13.1 Å². The minimum Gasteiger partial charge on any atom is -0.398 e. The maximum Gasteiger partial charge on any atom is 0.241 e. The highest BCUT2D eigenvalue weighted by Gasteiger charge is 2.29. The molecule has 0 radical (unpaired) electrons. The molecule has 2 unspecified atom stereocenters. The van der Waals surface area contributed by atoms with Crippen LogP contribution >= 0.6 is 15.9 Å². The van der Waals surface area contributed by atoms with Crippen molar-refractivity contribution < 1.29 is 8.42 Å². The third kappa shape index (κ3) is 3.77. The number of rotatable bonds is 3. The van der Waals surface area contributed by atoms with Crippen molar-refractivity contribution in [3.8, 4) is 0 Å². The summed E-state index contributed by atoms with van der Waals surface area (Å²) in [6, 6.07) is 3.22. The summed E-state index contributed by atoms with van der Waals surface area (Å²) in [6.07, 6.45) is 0.821. The van der Waals surface area contributed by atoms with Crippen LogP contribution < -0.4 is 10.5 Å². The summed E-state index contributed by atoms with van der Waals surface area (Å²) < 4.78 is 28.8. The summed E-state index contributed by atoms with van der Waals surface area (Å²) in [4.78, 5) is 2.48. The molecule has 0 amide bonds. The number of halogens is 1. The zero-order chi connectivity index (χ0) is 15.8. The van der Waals surface area contributed by atoms with E-state index in [9.17, 15) is 8.42 Å². The molecule has 0 spiro atoms. The molecule has 0 aliphatic carbocycles. The molecule has 21 heavy (non-hydrogen) atoms. The average Bonchev–Trinajstić information content (AvgIpc) is 2.37. The molecule has 1 aromatic carbocycles. The van der Waals surface area contributed by atoms with Gasteiger partial charge in [0.15, 0.2) is 0 Å². The van der Waals surface area contributed by atoms with Crippen LogP contribution in [0.3, 0.4) is 0 Å². The number of nitrogen functional groups attached to an aromatic ring is 1. The highest BCUT2D eigenvalue weighted by Crippen LogP contribution is 2.27. The number of piperidine rings is 1. The molecule has 1 heterocycles. The Morgan fingerprint density at radius 3 is 2.71 bits per heavy atom. The van der Waals surface area contributed by atoms with Gasteiger partial charge in [-0.3, -0.25) is 0 Å². The number of nitrogens with zero attached hydrogens (tertiary/aromatic N) is 1. The van der Waals surface area contributed by atoms with E-state index in [-0.39, 0.29) is 16.9 Å². The summed E-state index contributed by atoms with van der Waals surface area (Å²) in [7, 11) is -1.49. The van der Waals surface area contributed by atoms with Crippen molar-refractivity contribution in [3.63, 3.8) is 0 Å². The number of hydrogen-bond donors (Lipinski definition) is 2. The second-order valence-electron chi connectivity index (χ2n) is 5.90. The molecule has 1 aliphatic rings. The maximum absolute atomic E-state index is 12.6. The van der Waals surface area contributed by atoms with Gasteiger partial charge in [-0.05, 0) is 66.5 Å². The molecule has 2 atom stereocenters. The molecule has 1 aliphatic heterocycles. The second kappa shape index (κ2) is 6.24. The van der Waals surface area contributed by atoms with Gasteiger partial charge in [0.05, 0.1) is 4.90 Å². The number of nitrogens with two attached hydrogens (primary N) is 1. The first-order valence-corrected chi connectivity index (χ1v) is 9.25. The largest absolute Gasteiger partial charge is 0.398 e. The highest BCUT2D eigenvalue weighted by atomic mass is 79.9. The Morgan fingerprint density at radius 1 is 1.43 bits per heavy atom. The average molecular weight is 376 g/mol. The molecule has 3 N–H and O–H groups in total. The lowest BCUT2D eigenvalue weighted by Gasteiger charge is -2.35. The molecule has 7 heteroatoms. The monoisotopic (exact) mass is 375 g/mol. The van der Waals surface area contributed by atoms with Crippen LogP contribution in [0.4, 0.5) is 5.69 Å². The number of hydrogen-bond acceptors (Lipinski definition) is 4. The predicted molar refractivity (Wildman–Crippen MR) is 88.7 cm³/mol. The van der Waals surface area contributed by atoms with Gasteiger partial charge in [0.2, 0.25) is 10.0 Å². The van der Waals surface area contributed by atoms with Gasteiger partial charge < -0.3 is 10.6 Å². The van der Waals surface area contributed by atoms with Crippen LogP contribution in [0.1, 0.15) is 18.9 Å². The van der Waals surface area contributed by atoms with Gasteiger partial charge in [0.25, 0.3) is 0 Å². The summed E-state index contributed by atoms with van der Waals surface area (Å²) in [5.74, 6) is 0.284. The zero-order valence-electron chi connectivity index (χ0n) is 12.6. The van der Waals surface area contributed by atoms with Crippen molar-refractivity contribution in [2.75, 3.05) is 25.9 Å². The van der Waals surface area contributed by atoms with Gasteiger partial charge in [0.1, 0.15) is 0 Å². The SMILES string of the molecule is Cc1cc(Br)c(N)cc1S(=O)(=O)NC1CCN(C)CC1C. The molecule has 1 fully saturated rings. The third-order valence-corrected chi connectivity index (χ3v) is 6.32. The third-order valence-electron chi connectivity index (χ3n) is 4.00. The van der Waals surface area contributed by atoms with E-state index >= 15 is 0 Å². The van der Waals surface area contributed by atoms with E-state index in [0.29, 0.717) is 15.7 Å². The van der Waals surface area contributed by atoms with Crippen molar-refractivity contribution in [1.29, 1.82) is 0 Å². The lowest BCUT2D eigenvalue weighted by molar-refractivity contribution is 0.188. The van der Waals surface area contributed by atoms with E-state index in [0.717, 1.165) is 19.5 Å². The van der Waals surface area contributed by atoms with Gasteiger partial charge in [-0.15, -0.1) is 0 Å². The highest BCUT2D eigenvalue weighted by molar-refractivity contribution is 9.10. The molecular weight excluding hydrogens is 354 g/mol. The van der Waals surface area contributed by atoms with Gasteiger partial charge >= 0.3 is 0 Å². The molecule has 5 nitrogen and oxygen atoms in total. The van der Waals surface area contributed by atoms with Crippen molar-refractivity contribution in [1.82, 2.24) is 9.62 Å². The normalized spacial score (nSPS) is 24.2. The number of sulfonamides is 1. The first-order chi connectivity index (χ1) is 9.70. The first-order valence-electron chi connectivity index (χ1n) is 6.97. The van der Waals surface area contributed by atoms with E-state index in [1.807, 2.05) is 0 Å². The lowest BCUT2D eigenvalue weighted by atomic mass is 9.95. The van der Waals surface area contributed by atoms with E-state index in [1.165, 1.54) is 6.07 Å². The van der Waals surface area contributed by atoms with Crippen molar-refractivity contribution in [2.24, 2.45) is 5.92 Å². The molecule has 118 valence electrons. The summed E-state index contributed by atoms with van der Waals surface area (Å²) in [6.45, 7) is 5.65. The smallest absolute Gasteiger partial charge is 0.241 e. The number of benzene rings is 1. The number of nitrogens with one attached hydrogen (secondary N) is 1. The molecule has 0 saturated carbocycles.